The monoisotopic (exact) mass is 294 g/mol. The van der Waals surface area contributed by atoms with E-state index in [1.54, 1.807) is 0 Å². The fraction of sp³-hybridized carbons (Fsp3) is 0.429. The number of hydrogen-bond donors (Lipinski definition) is 2. The molecular formula is C14H18N2O3S. The Morgan fingerprint density at radius 1 is 1.40 bits per heavy atom. The highest BCUT2D eigenvalue weighted by molar-refractivity contribution is 7.17. The molecule has 1 aromatic heterocycles. The van der Waals surface area contributed by atoms with Crippen LogP contribution >= 0.6 is 11.3 Å². The van der Waals surface area contributed by atoms with E-state index in [0.717, 1.165) is 35.5 Å². The van der Waals surface area contributed by atoms with Gasteiger partial charge < -0.3 is 15.4 Å². The molecule has 0 aliphatic carbocycles. The van der Waals surface area contributed by atoms with Crippen molar-refractivity contribution in [2.75, 3.05) is 19.0 Å². The lowest BCUT2D eigenvalue weighted by molar-refractivity contribution is -0.111. The Balaban J connectivity index is 2.37. The summed E-state index contributed by atoms with van der Waals surface area (Å²) < 4.78 is 4.84. The minimum atomic E-state index is -0.392. The number of hydrogen-bond acceptors (Lipinski definition) is 5. The third-order valence-corrected chi connectivity index (χ3v) is 4.12. The SMILES string of the molecule is COC(=O)c1c(NC(=O)C=C(C)C)sc2c1CCNC2. The molecule has 0 aromatic carbocycles. The molecular weight excluding hydrogens is 276 g/mol. The minimum Gasteiger partial charge on any atom is -0.465 e. The predicted octanol–water partition coefficient (Wildman–Crippen LogP) is 2.09. The second-order valence-corrected chi connectivity index (χ2v) is 5.94. The number of nitrogens with one attached hydrogen (secondary N) is 2. The highest BCUT2D eigenvalue weighted by Crippen LogP contribution is 2.35. The van der Waals surface area contributed by atoms with E-state index in [9.17, 15) is 9.59 Å². The van der Waals surface area contributed by atoms with E-state index < -0.39 is 5.97 Å². The quantitative estimate of drug-likeness (QED) is 0.661. The number of carbonyl (C=O) groups is 2. The van der Waals surface area contributed by atoms with E-state index in [4.69, 9.17) is 4.74 Å². The van der Waals surface area contributed by atoms with Crippen LogP contribution in [0.2, 0.25) is 0 Å². The van der Waals surface area contributed by atoms with Crippen LogP contribution in [0.5, 0.6) is 0 Å². The Morgan fingerprint density at radius 2 is 2.15 bits per heavy atom. The number of methoxy groups -OCH3 is 1. The molecule has 0 fully saturated rings. The molecule has 108 valence electrons. The molecule has 20 heavy (non-hydrogen) atoms. The van der Waals surface area contributed by atoms with Crippen molar-refractivity contribution in [1.82, 2.24) is 5.32 Å². The lowest BCUT2D eigenvalue weighted by Gasteiger charge is -2.13. The predicted molar refractivity (Wildman–Crippen MR) is 79.1 cm³/mol. The van der Waals surface area contributed by atoms with Crippen LogP contribution in [0.3, 0.4) is 0 Å². The molecule has 2 N–H and O–H groups in total. The average Bonchev–Trinajstić information content (AvgIpc) is 2.74. The summed E-state index contributed by atoms with van der Waals surface area (Å²) >= 11 is 1.44. The van der Waals surface area contributed by atoms with Crippen molar-refractivity contribution >= 4 is 28.2 Å². The van der Waals surface area contributed by atoms with Crippen molar-refractivity contribution in [3.8, 4) is 0 Å². The number of amides is 1. The molecule has 2 heterocycles. The lowest BCUT2D eigenvalue weighted by Crippen LogP contribution is -2.23. The minimum absolute atomic E-state index is 0.221. The first kappa shape index (κ1) is 14.7. The lowest BCUT2D eigenvalue weighted by atomic mass is 10.0. The van der Waals surface area contributed by atoms with Crippen LogP contribution in [0.25, 0.3) is 0 Å². The maximum Gasteiger partial charge on any atom is 0.341 e. The normalized spacial score (nSPS) is 13.3. The third kappa shape index (κ3) is 3.08. The van der Waals surface area contributed by atoms with Crippen LogP contribution in [-0.2, 0) is 22.5 Å². The van der Waals surface area contributed by atoms with E-state index in [1.807, 2.05) is 13.8 Å². The summed E-state index contributed by atoms with van der Waals surface area (Å²) in [4.78, 5) is 24.9. The van der Waals surface area contributed by atoms with Gasteiger partial charge in [-0.1, -0.05) is 5.57 Å². The summed E-state index contributed by atoms with van der Waals surface area (Å²) in [5.41, 5.74) is 2.41. The van der Waals surface area contributed by atoms with E-state index in [-0.39, 0.29) is 5.91 Å². The van der Waals surface area contributed by atoms with Crippen molar-refractivity contribution in [2.45, 2.75) is 26.8 Å². The molecule has 6 heteroatoms. The molecule has 0 saturated carbocycles. The second kappa shape index (κ2) is 6.19. The van der Waals surface area contributed by atoms with Gasteiger partial charge in [0.15, 0.2) is 0 Å². The molecule has 1 aliphatic heterocycles. The zero-order valence-electron chi connectivity index (χ0n) is 11.8. The fourth-order valence-electron chi connectivity index (χ4n) is 2.15. The Morgan fingerprint density at radius 3 is 2.80 bits per heavy atom. The molecule has 2 rings (SSSR count). The van der Waals surface area contributed by atoms with Crippen LogP contribution in [-0.4, -0.2) is 25.5 Å². The average molecular weight is 294 g/mol. The van der Waals surface area contributed by atoms with Crippen LogP contribution in [0.4, 0.5) is 5.00 Å². The van der Waals surface area contributed by atoms with Gasteiger partial charge in [-0.25, -0.2) is 4.79 Å². The van der Waals surface area contributed by atoms with E-state index in [0.29, 0.717) is 10.6 Å². The number of thiophene rings is 1. The van der Waals surface area contributed by atoms with Gasteiger partial charge in [-0.3, -0.25) is 4.79 Å². The highest BCUT2D eigenvalue weighted by atomic mass is 32.1. The molecule has 0 radical (unpaired) electrons. The van der Waals surface area contributed by atoms with Crippen molar-refractivity contribution in [3.05, 3.63) is 27.7 Å². The van der Waals surface area contributed by atoms with Gasteiger partial charge in [0.1, 0.15) is 5.00 Å². The largest absolute Gasteiger partial charge is 0.465 e. The van der Waals surface area contributed by atoms with Gasteiger partial charge in [0.25, 0.3) is 0 Å². The van der Waals surface area contributed by atoms with Crippen molar-refractivity contribution in [1.29, 1.82) is 0 Å². The first-order chi connectivity index (χ1) is 9.52. The van der Waals surface area contributed by atoms with Gasteiger partial charge in [0, 0.05) is 17.5 Å². The number of anilines is 1. The fourth-order valence-corrected chi connectivity index (χ4v) is 3.36. The number of fused-ring (bicyclic) bond motifs is 1. The van der Waals surface area contributed by atoms with E-state index >= 15 is 0 Å². The molecule has 0 atom stereocenters. The maximum atomic E-state index is 12.0. The Bertz CT molecular complexity index is 571. The molecule has 1 aliphatic rings. The summed E-state index contributed by atoms with van der Waals surface area (Å²) in [6, 6.07) is 0. The van der Waals surface area contributed by atoms with E-state index in [2.05, 4.69) is 10.6 Å². The van der Waals surface area contributed by atoms with Gasteiger partial charge in [-0.2, -0.15) is 0 Å². The van der Waals surface area contributed by atoms with Crippen LogP contribution in [0.1, 0.15) is 34.6 Å². The van der Waals surface area contributed by atoms with Crippen LogP contribution in [0, 0.1) is 0 Å². The van der Waals surface area contributed by atoms with Crippen LogP contribution in [0.15, 0.2) is 11.6 Å². The summed E-state index contributed by atoms with van der Waals surface area (Å²) in [5.74, 6) is -0.612. The molecule has 1 aromatic rings. The Kier molecular flexibility index (Phi) is 4.57. The zero-order valence-corrected chi connectivity index (χ0v) is 12.6. The number of rotatable bonds is 3. The molecule has 1 amide bonds. The van der Waals surface area contributed by atoms with E-state index in [1.165, 1.54) is 24.5 Å². The molecule has 0 unspecified atom stereocenters. The first-order valence-electron chi connectivity index (χ1n) is 6.42. The third-order valence-electron chi connectivity index (χ3n) is 2.97. The standard InChI is InChI=1S/C14H18N2O3S/c1-8(2)6-11(17)16-13-12(14(18)19-3)9-4-5-15-7-10(9)20-13/h6,15H,4-5,7H2,1-3H3,(H,16,17). The van der Waals surface area contributed by atoms with Gasteiger partial charge >= 0.3 is 5.97 Å². The molecule has 0 bridgehead atoms. The van der Waals surface area contributed by atoms with Crippen molar-refractivity contribution in [3.63, 3.8) is 0 Å². The summed E-state index contributed by atoms with van der Waals surface area (Å²) in [6.45, 7) is 5.26. The summed E-state index contributed by atoms with van der Waals surface area (Å²) in [7, 11) is 1.36. The molecule has 5 nitrogen and oxygen atoms in total. The first-order valence-corrected chi connectivity index (χ1v) is 7.24. The van der Waals surface area contributed by atoms with Crippen molar-refractivity contribution in [2.24, 2.45) is 0 Å². The Labute approximate surface area is 122 Å². The second-order valence-electron chi connectivity index (χ2n) is 4.84. The van der Waals surface area contributed by atoms with Crippen LogP contribution < -0.4 is 10.6 Å². The number of carbonyl (C=O) groups excluding carboxylic acids is 2. The topological polar surface area (TPSA) is 67.4 Å². The molecule has 0 saturated heterocycles. The Hall–Kier alpha value is -1.66. The molecule has 0 spiro atoms. The highest BCUT2D eigenvalue weighted by Gasteiger charge is 2.26. The van der Waals surface area contributed by atoms with Crippen molar-refractivity contribution < 1.29 is 14.3 Å². The number of esters is 1. The number of ether oxygens (including phenoxy) is 1. The van der Waals surface area contributed by atoms with Gasteiger partial charge in [0.05, 0.1) is 12.7 Å². The zero-order chi connectivity index (χ0) is 14.7. The summed E-state index contributed by atoms with van der Waals surface area (Å²) in [6.07, 6.45) is 2.28. The maximum absolute atomic E-state index is 12.0. The summed E-state index contributed by atoms with van der Waals surface area (Å²) in [5, 5.41) is 6.62. The number of allylic oxidation sites excluding steroid dienone is 1. The van der Waals surface area contributed by atoms with Gasteiger partial charge in [-0.05, 0) is 32.4 Å². The van der Waals surface area contributed by atoms with Gasteiger partial charge in [-0.15, -0.1) is 11.3 Å². The smallest absolute Gasteiger partial charge is 0.341 e. The van der Waals surface area contributed by atoms with Gasteiger partial charge in [0.2, 0.25) is 5.91 Å².